The smallest absolute Gasteiger partial charge is 0.244 e. The van der Waals surface area contributed by atoms with Gasteiger partial charge in [-0.1, -0.05) is 24.3 Å². The Kier molecular flexibility index (Phi) is 3.01. The van der Waals surface area contributed by atoms with Crippen LogP contribution in [-0.2, 0) is 3.49 Å². The lowest BCUT2D eigenvalue weighted by molar-refractivity contribution is 0.112. The van der Waals surface area contributed by atoms with Crippen LogP contribution in [0.4, 0.5) is 4.39 Å². The first-order chi connectivity index (χ1) is 5.55. The molecule has 0 heterocycles. The Bertz CT molecular complexity index is 293. The summed E-state index contributed by atoms with van der Waals surface area (Å²) in [7, 11) is 0. The fourth-order valence-corrected chi connectivity index (χ4v) is 1.58. The predicted molar refractivity (Wildman–Crippen MR) is 52.5 cm³/mol. The van der Waals surface area contributed by atoms with Gasteiger partial charge in [-0.05, 0) is 31.9 Å². The number of carbonyl (C=O) groups is 1. The van der Waals surface area contributed by atoms with Crippen molar-refractivity contribution < 1.29 is 9.18 Å². The molecule has 0 saturated heterocycles. The molecule has 0 aliphatic carbocycles. The second-order valence-electron chi connectivity index (χ2n) is 2.20. The van der Waals surface area contributed by atoms with Gasteiger partial charge >= 0.3 is 0 Å². The van der Waals surface area contributed by atoms with E-state index >= 15 is 0 Å². The molecule has 0 aliphatic heterocycles. The van der Waals surface area contributed by atoms with Crippen LogP contribution in [0, 0.1) is 0 Å². The largest absolute Gasteiger partial charge is 0.298 e. The first-order valence-electron chi connectivity index (χ1n) is 3.17. The molecule has 0 atom stereocenters. The number of alkyl halides is 3. The monoisotopic (exact) mass is 294 g/mol. The number of aldehydes is 1. The molecule has 1 nitrogen and oxygen atoms in total. The molecule has 1 aromatic carbocycles. The predicted octanol–water partition coefficient (Wildman–Crippen LogP) is 3.37. The Balaban J connectivity index is 3.23. The lowest BCUT2D eigenvalue weighted by Gasteiger charge is -2.11. The molecule has 0 spiro atoms. The molecule has 0 fully saturated rings. The van der Waals surface area contributed by atoms with E-state index in [0.29, 0.717) is 11.8 Å². The van der Waals surface area contributed by atoms with E-state index < -0.39 is 3.49 Å². The van der Waals surface area contributed by atoms with E-state index in [1.807, 2.05) is 0 Å². The minimum atomic E-state index is -1.82. The van der Waals surface area contributed by atoms with Gasteiger partial charge in [-0.3, -0.25) is 4.79 Å². The summed E-state index contributed by atoms with van der Waals surface area (Å²) < 4.78 is 11.4. The third-order valence-corrected chi connectivity index (χ3v) is 2.25. The molecule has 12 heavy (non-hydrogen) atoms. The summed E-state index contributed by atoms with van der Waals surface area (Å²) >= 11 is 5.54. The number of carbonyl (C=O) groups excluding carboxylic acids is 1. The highest BCUT2D eigenvalue weighted by atomic mass is 79.9. The van der Waals surface area contributed by atoms with E-state index in [1.165, 1.54) is 6.07 Å². The van der Waals surface area contributed by atoms with Crippen LogP contribution < -0.4 is 0 Å². The quantitative estimate of drug-likeness (QED) is 0.604. The van der Waals surface area contributed by atoms with Gasteiger partial charge in [-0.25, -0.2) is 4.39 Å². The van der Waals surface area contributed by atoms with Crippen molar-refractivity contribution in [1.82, 2.24) is 0 Å². The van der Waals surface area contributed by atoms with Gasteiger partial charge in [0.15, 0.2) is 6.29 Å². The molecule has 0 amide bonds. The van der Waals surface area contributed by atoms with E-state index in [-0.39, 0.29) is 5.56 Å². The molecule has 1 rings (SSSR count). The van der Waals surface area contributed by atoms with Crippen molar-refractivity contribution in [2.24, 2.45) is 0 Å². The third-order valence-electron chi connectivity index (χ3n) is 1.39. The molecule has 0 bridgehead atoms. The highest BCUT2D eigenvalue weighted by molar-refractivity contribution is 9.24. The minimum Gasteiger partial charge on any atom is -0.298 e. The summed E-state index contributed by atoms with van der Waals surface area (Å²) in [5.74, 6) is 0. The Hall–Kier alpha value is -0.220. The topological polar surface area (TPSA) is 17.1 Å². The molecule has 0 radical (unpaired) electrons. The fourth-order valence-electron chi connectivity index (χ4n) is 0.858. The molecular weight excluding hydrogens is 291 g/mol. The van der Waals surface area contributed by atoms with Crippen LogP contribution >= 0.6 is 31.9 Å². The van der Waals surface area contributed by atoms with Crippen LogP contribution in [0.25, 0.3) is 0 Å². The number of benzene rings is 1. The van der Waals surface area contributed by atoms with E-state index in [2.05, 4.69) is 31.9 Å². The normalized spacial score (nSPS) is 11.2. The third kappa shape index (κ3) is 2.14. The second kappa shape index (κ2) is 3.66. The zero-order valence-electron chi connectivity index (χ0n) is 5.93. The zero-order chi connectivity index (χ0) is 9.19. The average molecular weight is 296 g/mol. The SMILES string of the molecule is O=Cc1ccccc1C(F)(Br)Br. The second-order valence-corrected chi connectivity index (χ2v) is 5.45. The zero-order valence-corrected chi connectivity index (χ0v) is 9.10. The van der Waals surface area contributed by atoms with E-state index in [1.54, 1.807) is 18.2 Å². The van der Waals surface area contributed by atoms with Crippen molar-refractivity contribution in [1.29, 1.82) is 0 Å². The summed E-state index contributed by atoms with van der Waals surface area (Å²) in [6, 6.07) is 6.44. The van der Waals surface area contributed by atoms with Gasteiger partial charge in [0.25, 0.3) is 0 Å². The van der Waals surface area contributed by atoms with Crippen molar-refractivity contribution in [3.8, 4) is 0 Å². The van der Waals surface area contributed by atoms with Crippen LogP contribution in [-0.4, -0.2) is 6.29 Å². The van der Waals surface area contributed by atoms with Crippen LogP contribution in [0.15, 0.2) is 24.3 Å². The van der Waals surface area contributed by atoms with E-state index in [0.717, 1.165) is 0 Å². The highest BCUT2D eigenvalue weighted by Crippen LogP contribution is 2.40. The van der Waals surface area contributed by atoms with Crippen molar-refractivity contribution in [2.75, 3.05) is 0 Å². The lowest BCUT2D eigenvalue weighted by atomic mass is 10.1. The van der Waals surface area contributed by atoms with Crippen LogP contribution in [0.1, 0.15) is 15.9 Å². The molecule has 0 aromatic heterocycles. The molecule has 4 heteroatoms. The van der Waals surface area contributed by atoms with Crippen molar-refractivity contribution in [3.63, 3.8) is 0 Å². The van der Waals surface area contributed by atoms with Gasteiger partial charge in [0.05, 0.1) is 0 Å². The molecule has 0 aliphatic rings. The molecule has 0 saturated carbocycles. The maximum absolute atomic E-state index is 13.2. The molecule has 64 valence electrons. The van der Waals surface area contributed by atoms with Gasteiger partial charge < -0.3 is 0 Å². The van der Waals surface area contributed by atoms with E-state index in [4.69, 9.17) is 0 Å². The Morgan fingerprint density at radius 1 is 1.33 bits per heavy atom. The number of hydrogen-bond donors (Lipinski definition) is 0. The minimum absolute atomic E-state index is 0.278. The summed E-state index contributed by atoms with van der Waals surface area (Å²) in [6.07, 6.45) is 0.617. The highest BCUT2D eigenvalue weighted by Gasteiger charge is 2.26. The van der Waals surface area contributed by atoms with Crippen LogP contribution in [0.2, 0.25) is 0 Å². The first kappa shape index (κ1) is 9.86. The first-order valence-corrected chi connectivity index (χ1v) is 4.75. The molecular formula is C8H5Br2FO. The molecule has 1 aromatic rings. The fraction of sp³-hybridized carbons (Fsp3) is 0.125. The van der Waals surface area contributed by atoms with Crippen LogP contribution in [0.3, 0.4) is 0 Å². The Morgan fingerprint density at radius 3 is 2.33 bits per heavy atom. The summed E-state index contributed by atoms with van der Waals surface area (Å²) in [6.45, 7) is 0. The summed E-state index contributed by atoms with van der Waals surface area (Å²) in [5.41, 5.74) is 0.605. The number of hydrogen-bond acceptors (Lipinski definition) is 1. The Morgan fingerprint density at radius 2 is 1.92 bits per heavy atom. The molecule has 0 unspecified atom stereocenters. The standard InChI is InChI=1S/C8H5Br2FO/c9-8(10,11)7-4-2-1-3-6(7)5-12/h1-5H. The van der Waals surface area contributed by atoms with Gasteiger partial charge in [0.2, 0.25) is 3.49 Å². The lowest BCUT2D eigenvalue weighted by Crippen LogP contribution is -2.03. The van der Waals surface area contributed by atoms with Crippen molar-refractivity contribution in [3.05, 3.63) is 35.4 Å². The average Bonchev–Trinajstić information content (AvgIpc) is 2.03. The summed E-state index contributed by atoms with van der Waals surface area (Å²) in [5, 5.41) is 0. The van der Waals surface area contributed by atoms with E-state index in [9.17, 15) is 9.18 Å². The maximum Gasteiger partial charge on any atom is 0.244 e. The summed E-state index contributed by atoms with van der Waals surface area (Å²) in [4.78, 5) is 10.5. The van der Waals surface area contributed by atoms with Gasteiger partial charge in [-0.2, -0.15) is 0 Å². The van der Waals surface area contributed by atoms with Gasteiger partial charge in [-0.15, -0.1) is 0 Å². The number of halogens is 3. The number of rotatable bonds is 2. The van der Waals surface area contributed by atoms with Crippen LogP contribution in [0.5, 0.6) is 0 Å². The van der Waals surface area contributed by atoms with Crippen molar-refractivity contribution >= 4 is 38.1 Å². The Labute approximate surface area is 86.2 Å². The molecule has 0 N–H and O–H groups in total. The maximum atomic E-state index is 13.2. The van der Waals surface area contributed by atoms with Gasteiger partial charge in [0.1, 0.15) is 0 Å². The van der Waals surface area contributed by atoms with Gasteiger partial charge in [0, 0.05) is 11.1 Å². The van der Waals surface area contributed by atoms with Crippen molar-refractivity contribution in [2.45, 2.75) is 3.49 Å².